The number of H-pyrrole nitrogens is 1. The molecular weight excluding hydrogens is 462 g/mol. The van der Waals surface area contributed by atoms with Crippen molar-refractivity contribution in [2.75, 3.05) is 25.6 Å². The number of fused-ring (bicyclic) bond motifs is 2. The summed E-state index contributed by atoms with van der Waals surface area (Å²) in [4.78, 5) is 48.1. The van der Waals surface area contributed by atoms with Crippen LogP contribution in [0.2, 0.25) is 0 Å². The molecule has 1 aliphatic heterocycles. The van der Waals surface area contributed by atoms with Gasteiger partial charge in [-0.3, -0.25) is 14.4 Å². The van der Waals surface area contributed by atoms with Crippen molar-refractivity contribution in [1.29, 1.82) is 0 Å². The van der Waals surface area contributed by atoms with Crippen LogP contribution in [0.25, 0.3) is 11.0 Å². The average Bonchev–Trinajstić information content (AvgIpc) is 3.33. The topological polar surface area (TPSA) is 135 Å². The van der Waals surface area contributed by atoms with Crippen molar-refractivity contribution in [3.05, 3.63) is 47.5 Å². The highest BCUT2D eigenvalue weighted by molar-refractivity contribution is 6.05. The number of anilines is 1. The number of aromatic amines is 1. The standard InChI is InChI=1S/C26H29N5O5/c1-35-26(34)17-5-2-15(3-6-17)10-27-20-12-28-23-22(20)30-14-31-24(23)25(33)29-11-16-4-7-21-18(8-16)9-19(32)13-36-21/h4,7-8,12,14-15,17,27-28H,2-3,5-6,9-11,13H2,1H3,(H,29,33). The van der Waals surface area contributed by atoms with E-state index < -0.39 is 0 Å². The van der Waals surface area contributed by atoms with Crippen LogP contribution in [0.1, 0.15) is 47.3 Å². The minimum Gasteiger partial charge on any atom is -0.486 e. The molecule has 2 aromatic heterocycles. The summed E-state index contributed by atoms with van der Waals surface area (Å²) in [5.74, 6) is 0.781. The first-order valence-corrected chi connectivity index (χ1v) is 12.2. The molecule has 3 N–H and O–H groups in total. The Morgan fingerprint density at radius 1 is 1.19 bits per heavy atom. The number of rotatable bonds is 7. The van der Waals surface area contributed by atoms with Gasteiger partial charge in [-0.15, -0.1) is 0 Å². The first-order chi connectivity index (χ1) is 17.5. The Kier molecular flexibility index (Phi) is 6.84. The summed E-state index contributed by atoms with van der Waals surface area (Å²) < 4.78 is 10.3. The molecule has 3 heterocycles. The molecule has 0 radical (unpaired) electrons. The van der Waals surface area contributed by atoms with Gasteiger partial charge >= 0.3 is 5.97 Å². The molecule has 3 aromatic rings. The van der Waals surface area contributed by atoms with Crippen LogP contribution < -0.4 is 15.4 Å². The molecule has 1 fully saturated rings. The third kappa shape index (κ3) is 5.02. The number of hydrogen-bond donors (Lipinski definition) is 3. The van der Waals surface area contributed by atoms with E-state index in [1.54, 1.807) is 6.20 Å². The zero-order chi connectivity index (χ0) is 25.1. The van der Waals surface area contributed by atoms with E-state index >= 15 is 0 Å². The number of methoxy groups -OCH3 is 1. The summed E-state index contributed by atoms with van der Waals surface area (Å²) in [7, 11) is 1.44. The maximum absolute atomic E-state index is 12.9. The second kappa shape index (κ2) is 10.3. The summed E-state index contributed by atoms with van der Waals surface area (Å²) in [6, 6.07) is 5.59. The molecule has 1 aromatic carbocycles. The second-order valence-electron chi connectivity index (χ2n) is 9.40. The summed E-state index contributed by atoms with van der Waals surface area (Å²) >= 11 is 0. The molecular formula is C26H29N5O5. The van der Waals surface area contributed by atoms with Crippen LogP contribution in [0, 0.1) is 11.8 Å². The lowest BCUT2D eigenvalue weighted by Gasteiger charge is -2.27. The quantitative estimate of drug-likeness (QED) is 0.430. The first kappa shape index (κ1) is 23.8. The van der Waals surface area contributed by atoms with Gasteiger partial charge in [0.15, 0.2) is 11.5 Å². The normalized spacial score (nSPS) is 19.3. The van der Waals surface area contributed by atoms with Gasteiger partial charge in [0, 0.05) is 31.3 Å². The van der Waals surface area contributed by atoms with Gasteiger partial charge in [0.05, 0.1) is 24.2 Å². The number of amides is 1. The van der Waals surface area contributed by atoms with Crippen molar-refractivity contribution in [3.63, 3.8) is 0 Å². The highest BCUT2D eigenvalue weighted by Crippen LogP contribution is 2.31. The number of Topliss-reactive ketones (excluding diaryl/α,β-unsaturated/α-hetero) is 1. The predicted octanol–water partition coefficient (Wildman–Crippen LogP) is 2.78. The van der Waals surface area contributed by atoms with Crippen molar-refractivity contribution >= 4 is 34.4 Å². The highest BCUT2D eigenvalue weighted by atomic mass is 16.5. The first-order valence-electron chi connectivity index (χ1n) is 12.2. The van der Waals surface area contributed by atoms with Crippen molar-refractivity contribution in [1.82, 2.24) is 20.3 Å². The summed E-state index contributed by atoms with van der Waals surface area (Å²) in [5.41, 5.74) is 4.01. The Labute approximate surface area is 208 Å². The van der Waals surface area contributed by atoms with Gasteiger partial charge in [-0.1, -0.05) is 6.07 Å². The Morgan fingerprint density at radius 3 is 2.83 bits per heavy atom. The zero-order valence-corrected chi connectivity index (χ0v) is 20.1. The molecule has 0 atom stereocenters. The lowest BCUT2D eigenvalue weighted by Crippen LogP contribution is -2.26. The number of carbonyl (C=O) groups excluding carboxylic acids is 3. The van der Waals surface area contributed by atoms with E-state index in [4.69, 9.17) is 9.47 Å². The Morgan fingerprint density at radius 2 is 2.03 bits per heavy atom. The lowest BCUT2D eigenvalue weighted by molar-refractivity contribution is -0.146. The molecule has 0 spiro atoms. The van der Waals surface area contributed by atoms with Crippen molar-refractivity contribution < 1.29 is 23.9 Å². The molecule has 1 saturated carbocycles. The predicted molar refractivity (Wildman–Crippen MR) is 132 cm³/mol. The van der Waals surface area contributed by atoms with Crippen molar-refractivity contribution in [2.45, 2.75) is 38.6 Å². The zero-order valence-electron chi connectivity index (χ0n) is 20.1. The smallest absolute Gasteiger partial charge is 0.308 e. The van der Waals surface area contributed by atoms with E-state index in [0.29, 0.717) is 35.7 Å². The Hall–Kier alpha value is -3.95. The number of ketones is 1. The maximum Gasteiger partial charge on any atom is 0.308 e. The van der Waals surface area contributed by atoms with Crippen LogP contribution >= 0.6 is 0 Å². The monoisotopic (exact) mass is 491 g/mol. The molecule has 10 heteroatoms. The number of aromatic nitrogens is 3. The van der Waals surface area contributed by atoms with E-state index in [1.165, 1.54) is 13.4 Å². The molecule has 1 aliphatic carbocycles. The van der Waals surface area contributed by atoms with Gasteiger partial charge in [-0.25, -0.2) is 9.97 Å². The Bertz CT molecular complexity index is 1300. The number of hydrogen-bond acceptors (Lipinski definition) is 8. The Balaban J connectivity index is 1.20. The third-order valence-electron chi connectivity index (χ3n) is 7.00. The molecule has 188 valence electrons. The van der Waals surface area contributed by atoms with Gasteiger partial charge in [-0.2, -0.15) is 0 Å². The lowest BCUT2D eigenvalue weighted by atomic mass is 9.82. The summed E-state index contributed by atoms with van der Waals surface area (Å²) in [5, 5.41) is 6.35. The molecule has 10 nitrogen and oxygen atoms in total. The van der Waals surface area contributed by atoms with E-state index in [-0.39, 0.29) is 35.9 Å². The van der Waals surface area contributed by atoms with E-state index in [0.717, 1.165) is 49.0 Å². The number of carbonyl (C=O) groups is 3. The summed E-state index contributed by atoms with van der Waals surface area (Å²) in [6.07, 6.45) is 7.13. The van der Waals surface area contributed by atoms with Gasteiger partial charge < -0.3 is 25.1 Å². The number of nitrogens with zero attached hydrogens (tertiary/aromatic N) is 2. The molecule has 0 bridgehead atoms. The minimum absolute atomic E-state index is 0.00489. The van der Waals surface area contributed by atoms with Crippen LogP contribution in [0.15, 0.2) is 30.7 Å². The number of ether oxygens (including phenoxy) is 2. The van der Waals surface area contributed by atoms with Gasteiger partial charge in [0.2, 0.25) is 0 Å². The SMILES string of the molecule is COC(=O)C1CCC(CNc2c[nH]c3c(C(=O)NCc4ccc5c(c4)CC(=O)CO5)ncnc23)CC1. The second-order valence-corrected chi connectivity index (χ2v) is 9.40. The van der Waals surface area contributed by atoms with Gasteiger partial charge in [0.1, 0.15) is 24.2 Å². The van der Waals surface area contributed by atoms with E-state index in [1.807, 2.05) is 18.2 Å². The highest BCUT2D eigenvalue weighted by Gasteiger charge is 2.27. The van der Waals surface area contributed by atoms with Crippen LogP contribution in [0.3, 0.4) is 0 Å². The fourth-order valence-electron chi connectivity index (χ4n) is 4.98. The van der Waals surface area contributed by atoms with Crippen LogP contribution in [0.5, 0.6) is 5.75 Å². The van der Waals surface area contributed by atoms with Crippen LogP contribution in [0.4, 0.5) is 5.69 Å². The molecule has 2 aliphatic rings. The molecule has 0 unspecified atom stereocenters. The fraction of sp³-hybridized carbons (Fsp3) is 0.423. The number of esters is 1. The number of nitrogens with one attached hydrogen (secondary N) is 3. The number of benzene rings is 1. The van der Waals surface area contributed by atoms with Gasteiger partial charge in [-0.05, 0) is 49.3 Å². The largest absolute Gasteiger partial charge is 0.486 e. The van der Waals surface area contributed by atoms with E-state index in [2.05, 4.69) is 25.6 Å². The van der Waals surface area contributed by atoms with Crippen molar-refractivity contribution in [3.8, 4) is 5.75 Å². The maximum atomic E-state index is 12.9. The molecule has 5 rings (SSSR count). The van der Waals surface area contributed by atoms with Crippen LogP contribution in [-0.4, -0.2) is 52.9 Å². The van der Waals surface area contributed by atoms with E-state index in [9.17, 15) is 14.4 Å². The molecule has 36 heavy (non-hydrogen) atoms. The van der Waals surface area contributed by atoms with Gasteiger partial charge in [0.25, 0.3) is 5.91 Å². The van der Waals surface area contributed by atoms with Crippen molar-refractivity contribution in [2.24, 2.45) is 11.8 Å². The fourth-order valence-corrected chi connectivity index (χ4v) is 4.98. The average molecular weight is 492 g/mol. The third-order valence-corrected chi connectivity index (χ3v) is 7.00. The summed E-state index contributed by atoms with van der Waals surface area (Å²) in [6.45, 7) is 1.17. The minimum atomic E-state index is -0.318. The molecule has 1 amide bonds. The molecule has 0 saturated heterocycles. The van der Waals surface area contributed by atoms with Crippen LogP contribution in [-0.2, 0) is 27.3 Å².